The Balaban J connectivity index is 1.92. The van der Waals surface area contributed by atoms with Gasteiger partial charge >= 0.3 is 6.03 Å². The van der Waals surface area contributed by atoms with E-state index < -0.39 is 0 Å². The van der Waals surface area contributed by atoms with E-state index in [4.69, 9.17) is 23.2 Å². The number of hydrogen-bond acceptors (Lipinski definition) is 2. The van der Waals surface area contributed by atoms with Crippen molar-refractivity contribution >= 4 is 29.2 Å². The van der Waals surface area contributed by atoms with Crippen molar-refractivity contribution < 1.29 is 9.18 Å². The Kier molecular flexibility index (Phi) is 7.51. The van der Waals surface area contributed by atoms with Gasteiger partial charge in [0.15, 0.2) is 0 Å². The quantitative estimate of drug-likeness (QED) is 0.547. The lowest BCUT2D eigenvalue weighted by Crippen LogP contribution is -2.61. The maximum Gasteiger partial charge on any atom is 0.319 e. The number of likely N-dealkylation sites (tertiary alicyclic amines) is 1. The van der Waals surface area contributed by atoms with Gasteiger partial charge in [-0.3, -0.25) is 4.90 Å². The Labute approximate surface area is 194 Å². The zero-order chi connectivity index (χ0) is 22.8. The van der Waals surface area contributed by atoms with E-state index >= 15 is 0 Å². The molecule has 0 radical (unpaired) electrons. The van der Waals surface area contributed by atoms with Crippen LogP contribution in [0.5, 0.6) is 0 Å². The summed E-state index contributed by atoms with van der Waals surface area (Å²) in [6.07, 6.45) is 1.87. The van der Waals surface area contributed by atoms with E-state index in [0.717, 1.165) is 24.9 Å². The predicted molar refractivity (Wildman–Crippen MR) is 125 cm³/mol. The van der Waals surface area contributed by atoms with Crippen molar-refractivity contribution in [2.24, 2.45) is 5.41 Å². The molecule has 2 aromatic carbocycles. The Bertz CT molecular complexity index is 937. The summed E-state index contributed by atoms with van der Waals surface area (Å²) in [5, 5.41) is 3.92. The summed E-state index contributed by atoms with van der Waals surface area (Å²) >= 11 is 12.5. The zero-order valence-electron chi connectivity index (χ0n) is 18.5. The highest BCUT2D eigenvalue weighted by molar-refractivity contribution is 6.42. The molecule has 1 saturated heterocycles. The third-order valence-electron chi connectivity index (χ3n) is 6.09. The van der Waals surface area contributed by atoms with Crippen molar-refractivity contribution in [1.82, 2.24) is 15.1 Å². The summed E-state index contributed by atoms with van der Waals surface area (Å²) in [6.45, 7) is 7.24. The number of rotatable bonds is 5. The van der Waals surface area contributed by atoms with Crippen LogP contribution < -0.4 is 5.32 Å². The number of halogens is 3. The molecular weight excluding hydrogens is 436 g/mol. The minimum Gasteiger partial charge on any atom is -0.331 e. The lowest BCUT2D eigenvalue weighted by Gasteiger charge is -2.50. The molecule has 1 N–H and O–H groups in total. The van der Waals surface area contributed by atoms with Crippen LogP contribution in [-0.4, -0.2) is 35.6 Å². The lowest BCUT2D eigenvalue weighted by molar-refractivity contribution is -0.0376. The number of nitrogens with one attached hydrogen (secondary N) is 1. The van der Waals surface area contributed by atoms with Gasteiger partial charge in [0.1, 0.15) is 5.82 Å². The monoisotopic (exact) mass is 465 g/mol. The first-order valence-electron chi connectivity index (χ1n) is 10.6. The van der Waals surface area contributed by atoms with E-state index in [9.17, 15) is 9.18 Å². The number of benzene rings is 2. The van der Waals surface area contributed by atoms with Crippen LogP contribution in [0.3, 0.4) is 0 Å². The highest BCUT2D eigenvalue weighted by atomic mass is 35.5. The summed E-state index contributed by atoms with van der Waals surface area (Å²) in [4.78, 5) is 17.5. The zero-order valence-corrected chi connectivity index (χ0v) is 20.0. The standard InChI is InChI=1S/C24H30Cl2FN3O/c1-16(18-10-7-11-19(25)21(18)26)28-23(31)30(15-17-9-5-6-12-20(17)27)22-24(2,3)13-8-14-29(22)4/h5-7,9-12,16,22H,8,13-15H2,1-4H3,(H,28,31). The Hall–Kier alpha value is -1.82. The molecule has 1 aliphatic heterocycles. The minimum absolute atomic E-state index is 0.146. The van der Waals surface area contributed by atoms with E-state index in [2.05, 4.69) is 24.1 Å². The number of carbonyl (C=O) groups is 1. The summed E-state index contributed by atoms with van der Waals surface area (Å²) < 4.78 is 14.5. The van der Waals surface area contributed by atoms with Crippen molar-refractivity contribution in [3.8, 4) is 0 Å². The molecule has 0 aromatic heterocycles. The smallest absolute Gasteiger partial charge is 0.319 e. The number of urea groups is 1. The van der Waals surface area contributed by atoms with Crippen LogP contribution in [0.1, 0.15) is 50.8 Å². The first-order chi connectivity index (χ1) is 14.6. The van der Waals surface area contributed by atoms with Gasteiger partial charge in [-0.05, 0) is 56.5 Å². The maximum absolute atomic E-state index is 14.5. The molecule has 31 heavy (non-hydrogen) atoms. The number of nitrogens with zero attached hydrogens (tertiary/aromatic N) is 2. The Morgan fingerprint density at radius 2 is 1.97 bits per heavy atom. The maximum atomic E-state index is 14.5. The second-order valence-electron chi connectivity index (χ2n) is 8.98. The summed E-state index contributed by atoms with van der Waals surface area (Å²) in [5.41, 5.74) is 1.08. The molecule has 1 aliphatic rings. The van der Waals surface area contributed by atoms with Crippen LogP contribution in [0.4, 0.5) is 9.18 Å². The number of piperidine rings is 1. The molecule has 7 heteroatoms. The van der Waals surface area contributed by atoms with Crippen LogP contribution in [0.25, 0.3) is 0 Å². The number of carbonyl (C=O) groups excluding carboxylic acids is 1. The molecule has 1 fully saturated rings. The van der Waals surface area contributed by atoms with Gasteiger partial charge < -0.3 is 10.2 Å². The first-order valence-corrected chi connectivity index (χ1v) is 11.3. The largest absolute Gasteiger partial charge is 0.331 e. The Morgan fingerprint density at radius 1 is 1.26 bits per heavy atom. The second kappa shape index (κ2) is 9.76. The SMILES string of the molecule is CC(NC(=O)N(Cc1ccccc1F)C1N(C)CCCC1(C)C)c1cccc(Cl)c1Cl. The molecule has 2 amide bonds. The van der Waals surface area contributed by atoms with Crippen LogP contribution in [0.15, 0.2) is 42.5 Å². The third-order valence-corrected chi connectivity index (χ3v) is 6.92. The highest BCUT2D eigenvalue weighted by Gasteiger charge is 2.42. The van der Waals surface area contributed by atoms with Crippen LogP contribution in [-0.2, 0) is 6.54 Å². The molecule has 0 bridgehead atoms. The molecule has 3 rings (SSSR count). The van der Waals surface area contributed by atoms with Crippen molar-refractivity contribution in [2.45, 2.75) is 52.4 Å². The Morgan fingerprint density at radius 3 is 2.65 bits per heavy atom. The van der Waals surface area contributed by atoms with Gasteiger partial charge in [0.05, 0.1) is 28.8 Å². The average molecular weight is 466 g/mol. The van der Waals surface area contributed by atoms with E-state index in [1.54, 1.807) is 35.2 Å². The molecule has 4 nitrogen and oxygen atoms in total. The predicted octanol–water partition coefficient (Wildman–Crippen LogP) is 6.48. The van der Waals surface area contributed by atoms with Gasteiger partial charge in [0.25, 0.3) is 0 Å². The highest BCUT2D eigenvalue weighted by Crippen LogP contribution is 2.37. The molecule has 0 aliphatic carbocycles. The molecule has 2 aromatic rings. The van der Waals surface area contributed by atoms with Gasteiger partial charge in [0, 0.05) is 5.56 Å². The van der Waals surface area contributed by atoms with Crippen molar-refractivity contribution in [1.29, 1.82) is 0 Å². The lowest BCUT2D eigenvalue weighted by atomic mass is 9.80. The number of hydrogen-bond donors (Lipinski definition) is 1. The van der Waals surface area contributed by atoms with Crippen LogP contribution in [0.2, 0.25) is 10.0 Å². The van der Waals surface area contributed by atoms with E-state index in [1.165, 1.54) is 6.07 Å². The summed E-state index contributed by atoms with van der Waals surface area (Å²) in [5.74, 6) is -0.317. The number of amides is 2. The molecular formula is C24H30Cl2FN3O. The normalized spacial score (nSPS) is 19.6. The topological polar surface area (TPSA) is 35.6 Å². The fourth-order valence-corrected chi connectivity index (χ4v) is 5.04. The molecule has 2 unspecified atom stereocenters. The van der Waals surface area contributed by atoms with Gasteiger partial charge in [-0.2, -0.15) is 0 Å². The third kappa shape index (κ3) is 5.33. The van der Waals surface area contributed by atoms with Crippen LogP contribution >= 0.6 is 23.2 Å². The van der Waals surface area contributed by atoms with Gasteiger partial charge in [-0.25, -0.2) is 9.18 Å². The molecule has 2 atom stereocenters. The molecule has 168 valence electrons. The molecule has 1 heterocycles. The molecule has 0 spiro atoms. The van der Waals surface area contributed by atoms with E-state index in [1.807, 2.05) is 20.0 Å². The molecule has 0 saturated carbocycles. The van der Waals surface area contributed by atoms with E-state index in [0.29, 0.717) is 15.6 Å². The van der Waals surface area contributed by atoms with Crippen molar-refractivity contribution in [2.75, 3.05) is 13.6 Å². The van der Waals surface area contributed by atoms with Crippen molar-refractivity contribution in [3.63, 3.8) is 0 Å². The minimum atomic E-state index is -0.362. The second-order valence-corrected chi connectivity index (χ2v) is 9.77. The summed E-state index contributed by atoms with van der Waals surface area (Å²) in [6, 6.07) is 11.3. The van der Waals surface area contributed by atoms with Gasteiger partial charge in [-0.1, -0.05) is 67.4 Å². The first kappa shape index (κ1) is 23.8. The van der Waals surface area contributed by atoms with Crippen molar-refractivity contribution in [3.05, 3.63) is 69.5 Å². The fraction of sp³-hybridized carbons (Fsp3) is 0.458. The summed E-state index contributed by atoms with van der Waals surface area (Å²) in [7, 11) is 2.02. The van der Waals surface area contributed by atoms with Gasteiger partial charge in [-0.15, -0.1) is 0 Å². The van der Waals surface area contributed by atoms with E-state index in [-0.39, 0.29) is 36.0 Å². The van der Waals surface area contributed by atoms with Crippen LogP contribution in [0, 0.1) is 11.2 Å². The van der Waals surface area contributed by atoms with Gasteiger partial charge in [0.2, 0.25) is 0 Å². The average Bonchev–Trinajstić information content (AvgIpc) is 2.70. The fourth-order valence-electron chi connectivity index (χ4n) is 4.57.